The van der Waals surface area contributed by atoms with Gasteiger partial charge in [-0.1, -0.05) is 6.07 Å². The monoisotopic (exact) mass is 396 g/mol. The summed E-state index contributed by atoms with van der Waals surface area (Å²) in [6.07, 6.45) is 6.21. The lowest BCUT2D eigenvalue weighted by molar-refractivity contribution is -0.123. The molecule has 2 aromatic heterocycles. The number of likely N-dealkylation sites (tertiary alicyclic amines) is 1. The molecule has 7 nitrogen and oxygen atoms in total. The molecule has 1 amide bonds. The second kappa shape index (κ2) is 9.05. The van der Waals surface area contributed by atoms with E-state index in [2.05, 4.69) is 34.4 Å². The molecule has 0 radical (unpaired) electrons. The van der Waals surface area contributed by atoms with E-state index in [9.17, 15) is 4.79 Å². The van der Waals surface area contributed by atoms with Crippen molar-refractivity contribution in [3.8, 4) is 5.82 Å². The maximum atomic E-state index is 12.3. The van der Waals surface area contributed by atoms with Gasteiger partial charge >= 0.3 is 0 Å². The number of pyridine rings is 1. The average Bonchev–Trinajstić information content (AvgIpc) is 3.38. The molecule has 2 aliphatic heterocycles. The van der Waals surface area contributed by atoms with Gasteiger partial charge in [0.1, 0.15) is 0 Å². The summed E-state index contributed by atoms with van der Waals surface area (Å²) in [5, 5.41) is 11.2. The molecule has 2 aromatic rings. The predicted molar refractivity (Wildman–Crippen MR) is 113 cm³/mol. The molecular weight excluding hydrogens is 364 g/mol. The maximum absolute atomic E-state index is 12.3. The highest BCUT2D eigenvalue weighted by atomic mass is 16.2. The molecule has 2 atom stereocenters. The molecule has 0 aliphatic carbocycles. The van der Waals surface area contributed by atoms with Gasteiger partial charge in [-0.3, -0.25) is 9.69 Å². The van der Waals surface area contributed by atoms with Gasteiger partial charge in [-0.05, 0) is 70.7 Å². The van der Waals surface area contributed by atoms with Crippen LogP contribution in [0.3, 0.4) is 0 Å². The zero-order valence-electron chi connectivity index (χ0n) is 17.5. The molecule has 2 aliphatic rings. The fourth-order valence-corrected chi connectivity index (χ4v) is 4.57. The van der Waals surface area contributed by atoms with Crippen molar-refractivity contribution in [2.24, 2.45) is 5.92 Å². The summed E-state index contributed by atoms with van der Waals surface area (Å²) in [6.45, 7) is 8.96. The van der Waals surface area contributed by atoms with Crippen molar-refractivity contribution in [3.63, 3.8) is 0 Å². The minimum atomic E-state index is 0.0115. The highest BCUT2D eigenvalue weighted by molar-refractivity contribution is 5.81. The first kappa shape index (κ1) is 20.0. The Morgan fingerprint density at radius 3 is 2.93 bits per heavy atom. The van der Waals surface area contributed by atoms with Gasteiger partial charge in [0.25, 0.3) is 0 Å². The van der Waals surface area contributed by atoms with Crippen LogP contribution in [-0.4, -0.2) is 57.8 Å². The molecule has 0 aromatic carbocycles. The van der Waals surface area contributed by atoms with E-state index < -0.39 is 0 Å². The highest BCUT2D eigenvalue weighted by Gasteiger charge is 2.25. The fourth-order valence-electron chi connectivity index (χ4n) is 4.57. The van der Waals surface area contributed by atoms with Crippen LogP contribution in [0.25, 0.3) is 5.82 Å². The Kier molecular flexibility index (Phi) is 6.25. The van der Waals surface area contributed by atoms with Gasteiger partial charge in [-0.2, -0.15) is 5.10 Å². The number of aryl methyl sites for hydroxylation is 1. The smallest absolute Gasteiger partial charge is 0.237 e. The van der Waals surface area contributed by atoms with E-state index in [1.54, 1.807) is 6.20 Å². The summed E-state index contributed by atoms with van der Waals surface area (Å²) in [6, 6.07) is 5.91. The quantitative estimate of drug-likeness (QED) is 0.781. The van der Waals surface area contributed by atoms with Crippen molar-refractivity contribution in [3.05, 3.63) is 41.3 Å². The van der Waals surface area contributed by atoms with Crippen LogP contribution in [0.5, 0.6) is 0 Å². The molecule has 0 saturated carbocycles. The van der Waals surface area contributed by atoms with Crippen LogP contribution in [-0.2, 0) is 11.3 Å². The minimum absolute atomic E-state index is 0.0115. The molecule has 7 heteroatoms. The van der Waals surface area contributed by atoms with Crippen LogP contribution in [0.2, 0.25) is 0 Å². The predicted octanol–water partition coefficient (Wildman–Crippen LogP) is 1.96. The van der Waals surface area contributed by atoms with Gasteiger partial charge in [0.15, 0.2) is 5.82 Å². The van der Waals surface area contributed by atoms with Crippen LogP contribution in [0, 0.1) is 19.8 Å². The number of hydrogen-bond donors (Lipinski definition) is 2. The highest BCUT2D eigenvalue weighted by Crippen LogP contribution is 2.22. The lowest BCUT2D eigenvalue weighted by Gasteiger charge is -2.33. The summed E-state index contributed by atoms with van der Waals surface area (Å²) >= 11 is 0. The number of rotatable bonds is 6. The van der Waals surface area contributed by atoms with E-state index in [1.807, 2.05) is 22.9 Å². The molecule has 2 N–H and O–H groups in total. The third-order valence-corrected chi connectivity index (χ3v) is 6.23. The first-order valence-corrected chi connectivity index (χ1v) is 10.8. The SMILES string of the molecule is Cc1nn(-c2ccccn2)c(C)c1CN1CCCC(CNC(=O)C2CCCN2)C1. The molecule has 0 spiro atoms. The summed E-state index contributed by atoms with van der Waals surface area (Å²) in [4.78, 5) is 19.2. The lowest BCUT2D eigenvalue weighted by Crippen LogP contribution is -2.45. The average molecular weight is 397 g/mol. The molecule has 2 fully saturated rings. The van der Waals surface area contributed by atoms with Crippen LogP contribution in [0.4, 0.5) is 0 Å². The van der Waals surface area contributed by atoms with Crippen LogP contribution < -0.4 is 10.6 Å². The Morgan fingerprint density at radius 2 is 2.17 bits per heavy atom. The second-order valence-electron chi connectivity index (χ2n) is 8.39. The van der Waals surface area contributed by atoms with Crippen molar-refractivity contribution < 1.29 is 4.79 Å². The van der Waals surface area contributed by atoms with Crippen molar-refractivity contribution in [1.29, 1.82) is 0 Å². The second-order valence-corrected chi connectivity index (χ2v) is 8.39. The number of aromatic nitrogens is 3. The van der Waals surface area contributed by atoms with Gasteiger partial charge in [0.05, 0.1) is 11.7 Å². The number of piperidine rings is 1. The van der Waals surface area contributed by atoms with E-state index in [0.717, 1.165) is 62.8 Å². The largest absolute Gasteiger partial charge is 0.354 e. The van der Waals surface area contributed by atoms with Crippen molar-refractivity contribution in [1.82, 2.24) is 30.3 Å². The molecule has 2 unspecified atom stereocenters. The molecule has 4 heterocycles. The Hall–Kier alpha value is -2.25. The number of nitrogens with one attached hydrogen (secondary N) is 2. The van der Waals surface area contributed by atoms with Gasteiger partial charge < -0.3 is 10.6 Å². The van der Waals surface area contributed by atoms with Gasteiger partial charge in [-0.25, -0.2) is 9.67 Å². The molecular formula is C22H32N6O. The van der Waals surface area contributed by atoms with Crippen molar-refractivity contribution in [2.45, 2.75) is 52.1 Å². The normalized spacial score (nSPS) is 22.7. The van der Waals surface area contributed by atoms with Gasteiger partial charge in [-0.15, -0.1) is 0 Å². The van der Waals surface area contributed by atoms with Crippen molar-refractivity contribution in [2.75, 3.05) is 26.2 Å². The molecule has 156 valence electrons. The number of hydrogen-bond acceptors (Lipinski definition) is 5. The third-order valence-electron chi connectivity index (χ3n) is 6.23. The van der Waals surface area contributed by atoms with Crippen LogP contribution >= 0.6 is 0 Å². The summed E-state index contributed by atoms with van der Waals surface area (Å²) in [7, 11) is 0. The van der Waals surface area contributed by atoms with Crippen LogP contribution in [0.1, 0.15) is 42.6 Å². The molecule has 29 heavy (non-hydrogen) atoms. The lowest BCUT2D eigenvalue weighted by atomic mass is 9.97. The van der Waals surface area contributed by atoms with Crippen molar-refractivity contribution >= 4 is 5.91 Å². The standard InChI is InChI=1S/C22H32N6O/c1-16-19(17(2)28(26-16)21-9-3-4-10-24-21)15-27-12-6-7-18(14-27)13-25-22(29)20-8-5-11-23-20/h3-4,9-10,18,20,23H,5-8,11-15H2,1-2H3,(H,25,29). The third kappa shape index (κ3) is 4.67. The number of amides is 1. The first-order chi connectivity index (χ1) is 14.1. The first-order valence-electron chi connectivity index (χ1n) is 10.8. The van der Waals surface area contributed by atoms with Gasteiger partial charge in [0.2, 0.25) is 5.91 Å². The molecule has 2 saturated heterocycles. The minimum Gasteiger partial charge on any atom is -0.354 e. The molecule has 4 rings (SSSR count). The Balaban J connectivity index is 1.36. The van der Waals surface area contributed by atoms with E-state index >= 15 is 0 Å². The summed E-state index contributed by atoms with van der Waals surface area (Å²) in [5.74, 6) is 1.54. The van der Waals surface area contributed by atoms with E-state index in [4.69, 9.17) is 5.10 Å². The zero-order valence-corrected chi connectivity index (χ0v) is 17.5. The van der Waals surface area contributed by atoms with E-state index in [1.165, 1.54) is 18.4 Å². The summed E-state index contributed by atoms with van der Waals surface area (Å²) in [5.41, 5.74) is 3.51. The number of nitrogens with zero attached hydrogens (tertiary/aromatic N) is 4. The zero-order chi connectivity index (χ0) is 20.2. The van der Waals surface area contributed by atoms with Gasteiger partial charge in [0, 0.05) is 37.1 Å². The molecule has 0 bridgehead atoms. The fraction of sp³-hybridized carbons (Fsp3) is 0.591. The Bertz CT molecular complexity index is 827. The van der Waals surface area contributed by atoms with E-state index in [-0.39, 0.29) is 11.9 Å². The van der Waals surface area contributed by atoms with E-state index in [0.29, 0.717) is 5.92 Å². The Labute approximate surface area is 172 Å². The summed E-state index contributed by atoms with van der Waals surface area (Å²) < 4.78 is 1.95. The number of carbonyl (C=O) groups excluding carboxylic acids is 1. The number of carbonyl (C=O) groups is 1. The Morgan fingerprint density at radius 1 is 1.28 bits per heavy atom. The maximum Gasteiger partial charge on any atom is 0.237 e. The van der Waals surface area contributed by atoms with Crippen LogP contribution in [0.15, 0.2) is 24.4 Å². The topological polar surface area (TPSA) is 75.1 Å².